The SMILES string of the molecule is CC(C)(NC(=O)OCc1ccccc1)c1ccccc1. The number of amides is 1. The van der Waals surface area contributed by atoms with Gasteiger partial charge in [-0.2, -0.15) is 0 Å². The van der Waals surface area contributed by atoms with Gasteiger partial charge in [-0.05, 0) is 25.0 Å². The fraction of sp³-hybridized carbons (Fsp3) is 0.235. The molecule has 0 aliphatic rings. The number of hydrogen-bond donors (Lipinski definition) is 1. The van der Waals surface area contributed by atoms with Crippen LogP contribution < -0.4 is 5.32 Å². The van der Waals surface area contributed by atoms with E-state index in [0.717, 1.165) is 11.1 Å². The third-order valence-corrected chi connectivity index (χ3v) is 3.12. The molecule has 104 valence electrons. The van der Waals surface area contributed by atoms with Gasteiger partial charge in [0.1, 0.15) is 6.61 Å². The molecule has 0 bridgehead atoms. The second kappa shape index (κ2) is 6.24. The van der Waals surface area contributed by atoms with Crippen molar-refractivity contribution in [3.05, 3.63) is 71.8 Å². The fourth-order valence-electron chi connectivity index (χ4n) is 1.94. The molecular formula is C17H19NO2. The molecule has 1 N–H and O–H groups in total. The molecule has 2 aromatic rings. The highest BCUT2D eigenvalue weighted by Gasteiger charge is 2.23. The zero-order chi connectivity index (χ0) is 14.4. The maximum atomic E-state index is 11.9. The number of carbonyl (C=O) groups is 1. The summed E-state index contributed by atoms with van der Waals surface area (Å²) in [4.78, 5) is 11.9. The van der Waals surface area contributed by atoms with E-state index < -0.39 is 11.6 Å². The smallest absolute Gasteiger partial charge is 0.408 e. The maximum absolute atomic E-state index is 11.9. The third-order valence-electron chi connectivity index (χ3n) is 3.12. The van der Waals surface area contributed by atoms with Crippen molar-refractivity contribution >= 4 is 6.09 Å². The Morgan fingerprint density at radius 2 is 1.55 bits per heavy atom. The van der Waals surface area contributed by atoms with Crippen LogP contribution in [0.2, 0.25) is 0 Å². The van der Waals surface area contributed by atoms with Crippen molar-refractivity contribution < 1.29 is 9.53 Å². The van der Waals surface area contributed by atoms with E-state index in [9.17, 15) is 4.79 Å². The first-order valence-corrected chi connectivity index (χ1v) is 6.62. The van der Waals surface area contributed by atoms with E-state index in [4.69, 9.17) is 4.74 Å². The number of nitrogens with one attached hydrogen (secondary N) is 1. The monoisotopic (exact) mass is 269 g/mol. The molecule has 0 unspecified atom stereocenters. The second-order valence-electron chi connectivity index (χ2n) is 5.18. The van der Waals surface area contributed by atoms with E-state index in [1.807, 2.05) is 74.5 Å². The highest BCUT2D eigenvalue weighted by atomic mass is 16.5. The molecule has 0 aromatic heterocycles. The van der Waals surface area contributed by atoms with Crippen LogP contribution in [0, 0.1) is 0 Å². The van der Waals surface area contributed by atoms with Gasteiger partial charge in [0.05, 0.1) is 5.54 Å². The van der Waals surface area contributed by atoms with Crippen molar-refractivity contribution in [2.24, 2.45) is 0 Å². The average Bonchev–Trinajstić information content (AvgIpc) is 2.47. The number of alkyl carbamates (subject to hydrolysis) is 1. The topological polar surface area (TPSA) is 38.3 Å². The Morgan fingerprint density at radius 1 is 1.00 bits per heavy atom. The molecule has 3 heteroatoms. The fourth-order valence-corrected chi connectivity index (χ4v) is 1.94. The first-order valence-electron chi connectivity index (χ1n) is 6.62. The Hall–Kier alpha value is -2.29. The van der Waals surface area contributed by atoms with E-state index in [0.29, 0.717) is 0 Å². The Balaban J connectivity index is 1.91. The summed E-state index contributed by atoms with van der Waals surface area (Å²) in [5, 5.41) is 2.88. The zero-order valence-electron chi connectivity index (χ0n) is 11.8. The van der Waals surface area contributed by atoms with Crippen LogP contribution in [0.15, 0.2) is 60.7 Å². The van der Waals surface area contributed by atoms with Crippen LogP contribution in [0.5, 0.6) is 0 Å². The van der Waals surface area contributed by atoms with Crippen molar-refractivity contribution in [2.75, 3.05) is 0 Å². The van der Waals surface area contributed by atoms with Crippen LogP contribution in [-0.2, 0) is 16.9 Å². The Morgan fingerprint density at radius 3 is 2.15 bits per heavy atom. The molecule has 3 nitrogen and oxygen atoms in total. The summed E-state index contributed by atoms with van der Waals surface area (Å²) in [5.41, 5.74) is 1.55. The predicted molar refractivity (Wildman–Crippen MR) is 79.2 cm³/mol. The molecule has 1 amide bonds. The summed E-state index contributed by atoms with van der Waals surface area (Å²) in [7, 11) is 0. The van der Waals surface area contributed by atoms with Crippen molar-refractivity contribution in [3.63, 3.8) is 0 Å². The second-order valence-corrected chi connectivity index (χ2v) is 5.18. The van der Waals surface area contributed by atoms with Crippen LogP contribution in [0.3, 0.4) is 0 Å². The van der Waals surface area contributed by atoms with Crippen molar-refractivity contribution in [1.29, 1.82) is 0 Å². The molecule has 0 saturated heterocycles. The van der Waals surface area contributed by atoms with Crippen LogP contribution in [0.25, 0.3) is 0 Å². The van der Waals surface area contributed by atoms with Gasteiger partial charge in [0, 0.05) is 0 Å². The van der Waals surface area contributed by atoms with Gasteiger partial charge in [-0.25, -0.2) is 4.79 Å². The van der Waals surface area contributed by atoms with E-state index >= 15 is 0 Å². The van der Waals surface area contributed by atoms with Gasteiger partial charge < -0.3 is 10.1 Å². The zero-order valence-corrected chi connectivity index (χ0v) is 11.8. The van der Waals surface area contributed by atoms with Crippen LogP contribution in [0.1, 0.15) is 25.0 Å². The first kappa shape index (κ1) is 14.1. The van der Waals surface area contributed by atoms with E-state index in [1.165, 1.54) is 0 Å². The van der Waals surface area contributed by atoms with Crippen LogP contribution in [0.4, 0.5) is 4.79 Å². The molecular weight excluding hydrogens is 250 g/mol. The molecule has 20 heavy (non-hydrogen) atoms. The maximum Gasteiger partial charge on any atom is 0.408 e. The molecule has 0 atom stereocenters. The van der Waals surface area contributed by atoms with Gasteiger partial charge in [-0.15, -0.1) is 0 Å². The Labute approximate surface area is 119 Å². The molecule has 0 radical (unpaired) electrons. The largest absolute Gasteiger partial charge is 0.445 e. The molecule has 0 heterocycles. The quantitative estimate of drug-likeness (QED) is 0.915. The number of benzene rings is 2. The highest BCUT2D eigenvalue weighted by Crippen LogP contribution is 2.19. The van der Waals surface area contributed by atoms with Crippen LogP contribution in [-0.4, -0.2) is 6.09 Å². The lowest BCUT2D eigenvalue weighted by Gasteiger charge is -2.26. The number of ether oxygens (including phenoxy) is 1. The lowest BCUT2D eigenvalue weighted by molar-refractivity contribution is 0.129. The van der Waals surface area contributed by atoms with Crippen molar-refractivity contribution in [3.8, 4) is 0 Å². The van der Waals surface area contributed by atoms with Gasteiger partial charge in [-0.3, -0.25) is 0 Å². The van der Waals surface area contributed by atoms with Gasteiger partial charge >= 0.3 is 6.09 Å². The normalized spacial score (nSPS) is 10.9. The van der Waals surface area contributed by atoms with Gasteiger partial charge in [0.15, 0.2) is 0 Å². The molecule has 2 aromatic carbocycles. The molecule has 0 fully saturated rings. The molecule has 0 spiro atoms. The minimum Gasteiger partial charge on any atom is -0.445 e. The summed E-state index contributed by atoms with van der Waals surface area (Å²) in [5.74, 6) is 0. The lowest BCUT2D eigenvalue weighted by atomic mass is 9.95. The predicted octanol–water partition coefficient (Wildman–Crippen LogP) is 3.85. The summed E-state index contributed by atoms with van der Waals surface area (Å²) >= 11 is 0. The minimum atomic E-state index is -0.463. The molecule has 0 saturated carbocycles. The van der Waals surface area contributed by atoms with Gasteiger partial charge in [-0.1, -0.05) is 60.7 Å². The van der Waals surface area contributed by atoms with Crippen LogP contribution >= 0.6 is 0 Å². The van der Waals surface area contributed by atoms with E-state index in [2.05, 4.69) is 5.32 Å². The number of rotatable bonds is 4. The Bertz CT molecular complexity index is 550. The first-order chi connectivity index (χ1) is 9.58. The lowest BCUT2D eigenvalue weighted by Crippen LogP contribution is -2.41. The summed E-state index contributed by atoms with van der Waals surface area (Å²) in [6.45, 7) is 4.18. The van der Waals surface area contributed by atoms with Gasteiger partial charge in [0.2, 0.25) is 0 Å². The van der Waals surface area contributed by atoms with E-state index in [1.54, 1.807) is 0 Å². The number of carbonyl (C=O) groups excluding carboxylic acids is 1. The Kier molecular flexibility index (Phi) is 4.41. The summed E-state index contributed by atoms with van der Waals surface area (Å²) in [6, 6.07) is 19.5. The molecule has 0 aliphatic heterocycles. The summed E-state index contributed by atoms with van der Waals surface area (Å²) < 4.78 is 5.24. The minimum absolute atomic E-state index is 0.275. The molecule has 0 aliphatic carbocycles. The highest BCUT2D eigenvalue weighted by molar-refractivity contribution is 5.68. The average molecular weight is 269 g/mol. The van der Waals surface area contributed by atoms with Crippen molar-refractivity contribution in [2.45, 2.75) is 26.0 Å². The number of hydrogen-bond acceptors (Lipinski definition) is 2. The van der Waals surface area contributed by atoms with Gasteiger partial charge in [0.25, 0.3) is 0 Å². The van der Waals surface area contributed by atoms with Crippen molar-refractivity contribution in [1.82, 2.24) is 5.32 Å². The van der Waals surface area contributed by atoms with E-state index in [-0.39, 0.29) is 6.61 Å². The summed E-state index contributed by atoms with van der Waals surface area (Å²) in [6.07, 6.45) is -0.414. The molecule has 2 rings (SSSR count). The third kappa shape index (κ3) is 3.85. The standard InChI is InChI=1S/C17H19NO2/c1-17(2,15-11-7-4-8-12-15)18-16(19)20-13-14-9-5-3-6-10-14/h3-12H,13H2,1-2H3,(H,18,19).